The van der Waals surface area contributed by atoms with E-state index in [1.54, 1.807) is 0 Å². The second kappa shape index (κ2) is 7.11. The van der Waals surface area contributed by atoms with Crippen LogP contribution in [0.4, 0.5) is 0 Å². The van der Waals surface area contributed by atoms with Crippen molar-refractivity contribution in [1.82, 2.24) is 0 Å². The lowest BCUT2D eigenvalue weighted by atomic mass is 10.2. The summed E-state index contributed by atoms with van der Waals surface area (Å²) in [6.45, 7) is 46.4. The Balaban J connectivity index is 7.45. The molecule has 0 N–H and O–H groups in total. The van der Waals surface area contributed by atoms with Crippen molar-refractivity contribution in [3.63, 3.8) is 0 Å². The summed E-state index contributed by atoms with van der Waals surface area (Å²) in [5, 5.41) is 2.26. The highest BCUT2D eigenvalue weighted by atomic mass is 29.6. The van der Waals surface area contributed by atoms with E-state index in [0.29, 0.717) is 30.2 Å². The minimum atomic E-state index is -1.78. The summed E-state index contributed by atoms with van der Waals surface area (Å²) in [6, 6.07) is 0. The Hall–Kier alpha value is 0.651. The van der Waals surface area contributed by atoms with Crippen molar-refractivity contribution in [2.24, 2.45) is 0 Å². The maximum atomic E-state index is 2.58. The lowest BCUT2D eigenvalue weighted by Crippen LogP contribution is -2.76. The van der Waals surface area contributed by atoms with E-state index in [2.05, 4.69) is 125 Å². The summed E-state index contributed by atoms with van der Waals surface area (Å²) < 4.78 is 0. The van der Waals surface area contributed by atoms with Gasteiger partial charge in [0.25, 0.3) is 0 Å². The second-order valence-corrected chi connectivity index (χ2v) is 34.9. The molecule has 0 atom stereocenters. The van der Waals surface area contributed by atoms with E-state index < -0.39 is 15.2 Å². The van der Waals surface area contributed by atoms with Gasteiger partial charge in [-0.1, -0.05) is 125 Å². The summed E-state index contributed by atoms with van der Waals surface area (Å²) in [5.74, 6) is 0. The first-order valence-corrected chi connectivity index (χ1v) is 18.0. The molecule has 0 spiro atoms. The maximum Gasteiger partial charge on any atom is 0.0549 e. The highest BCUT2D eigenvalue weighted by Gasteiger charge is 2.68. The average Bonchev–Trinajstić information content (AvgIpc) is 2.16. The molecule has 0 aromatic heterocycles. The zero-order valence-corrected chi connectivity index (χ0v) is 25.5. The molecule has 0 fully saturated rings. The smallest absolute Gasteiger partial charge is 0.0549 e. The van der Waals surface area contributed by atoms with Crippen LogP contribution in [-0.2, 0) is 0 Å². The number of rotatable bonds is 2. The van der Waals surface area contributed by atoms with Crippen molar-refractivity contribution < 1.29 is 0 Å². The van der Waals surface area contributed by atoms with Crippen molar-refractivity contribution >= 4 is 23.7 Å². The molecule has 0 rings (SSSR count). The third-order valence-corrected chi connectivity index (χ3v) is 43.9. The van der Waals surface area contributed by atoms with Crippen LogP contribution in [0.5, 0.6) is 0 Å². The van der Waals surface area contributed by atoms with E-state index in [4.69, 9.17) is 0 Å². The summed E-state index contributed by atoms with van der Waals surface area (Å²) in [4.78, 5) is 0. The monoisotopic (exact) mass is 426 g/mol. The first-order chi connectivity index (χ1) is 11.2. The Morgan fingerprint density at radius 2 is 0.407 bits per heavy atom. The largest absolute Gasteiger partial charge is 0.0628 e. The fraction of sp³-hybridized carbons (Fsp3) is 1.00. The van der Waals surface area contributed by atoms with Gasteiger partial charge in [0.15, 0.2) is 0 Å². The lowest BCUT2D eigenvalue weighted by Gasteiger charge is -2.68. The summed E-state index contributed by atoms with van der Waals surface area (Å²) in [7, 11) is -2.41. The van der Waals surface area contributed by atoms with Crippen molar-refractivity contribution in [1.29, 1.82) is 0 Å². The van der Waals surface area contributed by atoms with Gasteiger partial charge in [0.1, 0.15) is 0 Å². The molecule has 0 aliphatic rings. The van der Waals surface area contributed by atoms with E-state index >= 15 is 0 Å². The predicted molar refractivity (Wildman–Crippen MR) is 136 cm³/mol. The minimum Gasteiger partial charge on any atom is -0.0628 e. The van der Waals surface area contributed by atoms with Gasteiger partial charge >= 0.3 is 0 Å². The normalized spacial score (nSPS) is 16.7. The maximum absolute atomic E-state index is 2.58. The third kappa shape index (κ3) is 4.40. The first-order valence-electron chi connectivity index (χ1n) is 11.0. The van der Waals surface area contributed by atoms with Crippen LogP contribution in [0.1, 0.15) is 125 Å². The van der Waals surface area contributed by atoms with Gasteiger partial charge in [-0.05, 0) is 30.2 Å². The van der Waals surface area contributed by atoms with E-state index in [9.17, 15) is 0 Å². The molecule has 162 valence electrons. The Bertz CT molecular complexity index is 383. The van der Waals surface area contributed by atoms with Gasteiger partial charge in [-0.2, -0.15) is 0 Å². The predicted octanol–water partition coefficient (Wildman–Crippen LogP) is 9.38. The molecular weight excluding hydrogens is 373 g/mol. The molecule has 27 heavy (non-hydrogen) atoms. The second-order valence-electron chi connectivity index (χ2n) is 15.1. The average molecular weight is 427 g/mol. The molecule has 0 nitrogen and oxygen atoms in total. The molecule has 2 radical (unpaired) electrons. The van der Waals surface area contributed by atoms with Gasteiger partial charge in [0, 0.05) is 8.55 Å². The van der Waals surface area contributed by atoms with Crippen LogP contribution in [0.15, 0.2) is 0 Å². The standard InChI is InChI=1S/C24H54Si3/c1-19(2,3)26(20(4,5)6,21(7,8)9)25-27(22(10,11)12,23(13,14)15)24(16,17)18/h1-18H3. The van der Waals surface area contributed by atoms with Crippen LogP contribution in [0.25, 0.3) is 0 Å². The molecule has 0 aromatic rings. The molecule has 0 aliphatic heterocycles. The molecule has 3 heteroatoms. The van der Waals surface area contributed by atoms with Gasteiger partial charge in [-0.3, -0.25) is 0 Å². The topological polar surface area (TPSA) is 0 Å². The SMILES string of the molecule is CC(C)(C)[Si]([Si][Si](C(C)(C)C)(C(C)(C)C)C(C)(C)C)(C(C)(C)C)C(C)(C)C. The Kier molecular flexibility index (Phi) is 7.28. The summed E-state index contributed by atoms with van der Waals surface area (Å²) in [6.07, 6.45) is 0. The highest BCUT2D eigenvalue weighted by Crippen LogP contribution is 2.68. The molecule has 0 bridgehead atoms. The van der Waals surface area contributed by atoms with Crippen LogP contribution >= 0.6 is 0 Å². The molecule has 0 saturated carbocycles. The lowest BCUT2D eigenvalue weighted by molar-refractivity contribution is 0.545. The van der Waals surface area contributed by atoms with Crippen molar-refractivity contribution in [2.75, 3.05) is 0 Å². The van der Waals surface area contributed by atoms with Gasteiger partial charge in [-0.15, -0.1) is 0 Å². The molecule has 0 aliphatic carbocycles. The van der Waals surface area contributed by atoms with Crippen molar-refractivity contribution in [3.8, 4) is 0 Å². The number of hydrogen-bond donors (Lipinski definition) is 0. The van der Waals surface area contributed by atoms with Crippen molar-refractivity contribution in [2.45, 2.75) is 155 Å². The van der Waals surface area contributed by atoms with Gasteiger partial charge in [0.2, 0.25) is 0 Å². The fourth-order valence-corrected chi connectivity index (χ4v) is 58.2. The first kappa shape index (κ1) is 27.7. The number of hydrogen-bond acceptors (Lipinski definition) is 0. The van der Waals surface area contributed by atoms with E-state index in [-0.39, 0.29) is 0 Å². The molecule has 0 unspecified atom stereocenters. The van der Waals surface area contributed by atoms with Crippen LogP contribution in [-0.4, -0.2) is 23.7 Å². The van der Waals surface area contributed by atoms with Gasteiger partial charge in [-0.25, -0.2) is 0 Å². The summed E-state index contributed by atoms with van der Waals surface area (Å²) >= 11 is 0. The highest BCUT2D eigenvalue weighted by molar-refractivity contribution is 7.57. The molecule has 0 amide bonds. The quantitative estimate of drug-likeness (QED) is 0.385. The van der Waals surface area contributed by atoms with Crippen LogP contribution in [0, 0.1) is 0 Å². The van der Waals surface area contributed by atoms with E-state index in [0.717, 1.165) is 8.55 Å². The van der Waals surface area contributed by atoms with Gasteiger partial charge < -0.3 is 0 Å². The minimum absolute atomic E-state index is 0.377. The molecule has 0 aromatic carbocycles. The van der Waals surface area contributed by atoms with Crippen molar-refractivity contribution in [3.05, 3.63) is 0 Å². The molecule has 0 saturated heterocycles. The third-order valence-electron chi connectivity index (χ3n) is 7.12. The Labute approximate surface area is 178 Å². The fourth-order valence-electron chi connectivity index (χ4n) is 8.16. The van der Waals surface area contributed by atoms with E-state index in [1.165, 1.54) is 0 Å². The zero-order chi connectivity index (χ0) is 22.7. The molecular formula is C24H54Si3. The van der Waals surface area contributed by atoms with Crippen LogP contribution in [0.2, 0.25) is 30.2 Å². The zero-order valence-electron chi connectivity index (χ0n) is 22.5. The Morgan fingerprint density at radius 3 is 0.481 bits per heavy atom. The van der Waals surface area contributed by atoms with Crippen LogP contribution < -0.4 is 0 Å². The molecule has 0 heterocycles. The van der Waals surface area contributed by atoms with Gasteiger partial charge in [0.05, 0.1) is 15.2 Å². The Morgan fingerprint density at radius 1 is 0.296 bits per heavy atom. The van der Waals surface area contributed by atoms with E-state index in [1.807, 2.05) is 0 Å². The van der Waals surface area contributed by atoms with Crippen LogP contribution in [0.3, 0.4) is 0 Å². The summed E-state index contributed by atoms with van der Waals surface area (Å²) in [5.41, 5.74) is 0.